The summed E-state index contributed by atoms with van der Waals surface area (Å²) in [6, 6.07) is 13.2. The third kappa shape index (κ3) is 5.42. The van der Waals surface area contributed by atoms with Crippen LogP contribution in [0.25, 0.3) is 0 Å². The maximum Gasteiger partial charge on any atom is 0.253 e. The minimum absolute atomic E-state index is 0.0206. The number of carbonyl (C=O) groups excluding carboxylic acids is 2. The first kappa shape index (κ1) is 23.6. The maximum atomic E-state index is 13.2. The highest BCUT2D eigenvalue weighted by atomic mass is 16.5. The third-order valence-corrected chi connectivity index (χ3v) is 6.10. The minimum Gasteiger partial charge on any atom is -0.497 e. The Morgan fingerprint density at radius 2 is 1.78 bits per heavy atom. The molecule has 1 fully saturated rings. The van der Waals surface area contributed by atoms with Crippen LogP contribution in [0, 0.1) is 18.8 Å². The van der Waals surface area contributed by atoms with Crippen LogP contribution in [0.2, 0.25) is 0 Å². The van der Waals surface area contributed by atoms with Crippen LogP contribution in [0.15, 0.2) is 42.5 Å². The monoisotopic (exact) mass is 438 g/mol. The van der Waals surface area contributed by atoms with Gasteiger partial charge in [0, 0.05) is 42.7 Å². The second-order valence-electron chi connectivity index (χ2n) is 8.87. The average molecular weight is 439 g/mol. The Labute approximate surface area is 190 Å². The van der Waals surface area contributed by atoms with Gasteiger partial charge in [-0.3, -0.25) is 9.59 Å². The molecule has 0 unspecified atom stereocenters. The predicted molar refractivity (Wildman–Crippen MR) is 125 cm³/mol. The summed E-state index contributed by atoms with van der Waals surface area (Å²) in [7, 11) is 3.22. The van der Waals surface area contributed by atoms with Gasteiger partial charge in [0.2, 0.25) is 5.91 Å². The zero-order valence-corrected chi connectivity index (χ0v) is 19.7. The topological polar surface area (TPSA) is 67.9 Å². The van der Waals surface area contributed by atoms with E-state index in [0.29, 0.717) is 42.6 Å². The van der Waals surface area contributed by atoms with E-state index in [4.69, 9.17) is 9.47 Å². The van der Waals surface area contributed by atoms with Crippen molar-refractivity contribution >= 4 is 11.8 Å². The molecule has 2 aromatic carbocycles. The maximum absolute atomic E-state index is 13.2. The number of rotatable bonds is 8. The smallest absolute Gasteiger partial charge is 0.253 e. The lowest BCUT2D eigenvalue weighted by molar-refractivity contribution is -0.124. The van der Waals surface area contributed by atoms with Crippen LogP contribution in [-0.2, 0) is 4.79 Å². The fourth-order valence-electron chi connectivity index (χ4n) is 4.17. The first-order valence-electron chi connectivity index (χ1n) is 11.2. The number of hydrogen-bond donors (Lipinski definition) is 1. The third-order valence-electron chi connectivity index (χ3n) is 6.10. The molecule has 2 amide bonds. The summed E-state index contributed by atoms with van der Waals surface area (Å²) in [5.41, 5.74) is 2.65. The molecule has 1 N–H and O–H groups in total. The number of amides is 2. The van der Waals surface area contributed by atoms with Crippen molar-refractivity contribution < 1.29 is 19.1 Å². The van der Waals surface area contributed by atoms with Gasteiger partial charge in [0.25, 0.3) is 5.91 Å². The highest BCUT2D eigenvalue weighted by Crippen LogP contribution is 2.39. The summed E-state index contributed by atoms with van der Waals surface area (Å²) in [6.45, 7) is 7.72. The molecule has 0 aromatic heterocycles. The Morgan fingerprint density at radius 1 is 1.06 bits per heavy atom. The van der Waals surface area contributed by atoms with Crippen molar-refractivity contribution in [2.75, 3.05) is 33.9 Å². The molecule has 1 aliphatic rings. The molecule has 32 heavy (non-hydrogen) atoms. The average Bonchev–Trinajstić information content (AvgIpc) is 3.23. The highest BCUT2D eigenvalue weighted by Gasteiger charge is 2.41. The van der Waals surface area contributed by atoms with Gasteiger partial charge in [-0.1, -0.05) is 37.6 Å². The number of nitrogens with zero attached hydrogens (tertiary/aromatic N) is 1. The van der Waals surface area contributed by atoms with E-state index in [1.165, 1.54) is 0 Å². The van der Waals surface area contributed by atoms with Gasteiger partial charge < -0.3 is 19.7 Å². The van der Waals surface area contributed by atoms with E-state index in [2.05, 4.69) is 19.2 Å². The Balaban J connectivity index is 1.88. The van der Waals surface area contributed by atoms with Crippen molar-refractivity contribution in [3.05, 3.63) is 59.2 Å². The number of carbonyl (C=O) groups is 2. The summed E-state index contributed by atoms with van der Waals surface area (Å²) in [6.07, 6.45) is 0.918. The molecule has 1 saturated heterocycles. The number of ether oxygens (including phenoxy) is 2. The molecule has 6 heteroatoms. The Morgan fingerprint density at radius 3 is 2.41 bits per heavy atom. The van der Waals surface area contributed by atoms with Gasteiger partial charge in [-0.2, -0.15) is 0 Å². The Bertz CT molecular complexity index is 939. The molecule has 1 heterocycles. The van der Waals surface area contributed by atoms with Gasteiger partial charge in [0.15, 0.2) is 0 Å². The Kier molecular flexibility index (Phi) is 7.78. The first-order chi connectivity index (χ1) is 15.3. The SMILES string of the molecule is COc1ccc([C@@H]2CN(C(=O)c3ccc(C)cc3)C[C@H]2C(=O)NCCC(C)C)c(OC)c1. The number of hydrogen-bond acceptors (Lipinski definition) is 4. The lowest BCUT2D eigenvalue weighted by Crippen LogP contribution is -2.36. The molecule has 0 bridgehead atoms. The molecule has 6 nitrogen and oxygen atoms in total. The second-order valence-corrected chi connectivity index (χ2v) is 8.87. The number of benzene rings is 2. The summed E-state index contributed by atoms with van der Waals surface area (Å²) in [5.74, 6) is 1.28. The number of aryl methyl sites for hydroxylation is 1. The van der Waals surface area contributed by atoms with Gasteiger partial charge in [0.05, 0.1) is 20.1 Å². The van der Waals surface area contributed by atoms with Crippen LogP contribution in [-0.4, -0.2) is 50.6 Å². The van der Waals surface area contributed by atoms with Crippen molar-refractivity contribution in [3.8, 4) is 11.5 Å². The largest absolute Gasteiger partial charge is 0.497 e. The van der Waals surface area contributed by atoms with E-state index in [-0.39, 0.29) is 23.7 Å². The fourth-order valence-corrected chi connectivity index (χ4v) is 4.17. The van der Waals surface area contributed by atoms with Crippen molar-refractivity contribution in [2.24, 2.45) is 11.8 Å². The zero-order valence-electron chi connectivity index (χ0n) is 19.7. The lowest BCUT2D eigenvalue weighted by Gasteiger charge is -2.21. The van der Waals surface area contributed by atoms with Crippen LogP contribution in [0.3, 0.4) is 0 Å². The minimum atomic E-state index is -0.348. The molecule has 1 aliphatic heterocycles. The lowest BCUT2D eigenvalue weighted by atomic mass is 9.87. The molecule has 172 valence electrons. The standard InChI is InChI=1S/C26H34N2O4/c1-17(2)12-13-27-25(29)23-16-28(26(30)19-8-6-18(3)7-9-19)15-22(23)21-11-10-20(31-4)14-24(21)32-5/h6-11,14,17,22-23H,12-13,15-16H2,1-5H3,(H,27,29)/t22-,23+/m0/s1. The normalized spacial score (nSPS) is 18.0. The summed E-state index contributed by atoms with van der Waals surface area (Å²) >= 11 is 0. The highest BCUT2D eigenvalue weighted by molar-refractivity contribution is 5.95. The molecule has 2 aromatic rings. The number of methoxy groups -OCH3 is 2. The van der Waals surface area contributed by atoms with E-state index in [0.717, 1.165) is 17.5 Å². The van der Waals surface area contributed by atoms with Crippen LogP contribution in [0.5, 0.6) is 11.5 Å². The molecule has 0 aliphatic carbocycles. The quantitative estimate of drug-likeness (QED) is 0.676. The van der Waals surface area contributed by atoms with Crippen LogP contribution < -0.4 is 14.8 Å². The van der Waals surface area contributed by atoms with Gasteiger partial charge in [-0.25, -0.2) is 0 Å². The number of likely N-dealkylation sites (tertiary alicyclic amines) is 1. The molecule has 3 rings (SSSR count). The van der Waals surface area contributed by atoms with E-state index in [1.54, 1.807) is 19.1 Å². The predicted octanol–water partition coefficient (Wildman–Crippen LogP) is 4.03. The number of nitrogens with one attached hydrogen (secondary N) is 1. The molecular weight excluding hydrogens is 404 g/mol. The van der Waals surface area contributed by atoms with Crippen LogP contribution in [0.4, 0.5) is 0 Å². The van der Waals surface area contributed by atoms with Crippen molar-refractivity contribution in [1.29, 1.82) is 0 Å². The van der Waals surface area contributed by atoms with Gasteiger partial charge in [-0.15, -0.1) is 0 Å². The summed E-state index contributed by atoms with van der Waals surface area (Å²) < 4.78 is 10.9. The van der Waals surface area contributed by atoms with Crippen molar-refractivity contribution in [1.82, 2.24) is 10.2 Å². The Hall–Kier alpha value is -3.02. The van der Waals surface area contributed by atoms with Crippen LogP contribution in [0.1, 0.15) is 47.7 Å². The van der Waals surface area contributed by atoms with E-state index >= 15 is 0 Å². The van der Waals surface area contributed by atoms with Crippen molar-refractivity contribution in [2.45, 2.75) is 33.1 Å². The second kappa shape index (κ2) is 10.5. The van der Waals surface area contributed by atoms with Gasteiger partial charge in [0.1, 0.15) is 11.5 Å². The molecule has 0 spiro atoms. The molecule has 0 saturated carbocycles. The van der Waals surface area contributed by atoms with Gasteiger partial charge in [-0.05, 0) is 37.5 Å². The molecular formula is C26H34N2O4. The van der Waals surface area contributed by atoms with E-state index < -0.39 is 0 Å². The van der Waals surface area contributed by atoms with Crippen LogP contribution >= 0.6 is 0 Å². The first-order valence-corrected chi connectivity index (χ1v) is 11.2. The van der Waals surface area contributed by atoms with E-state index in [9.17, 15) is 9.59 Å². The summed E-state index contributed by atoms with van der Waals surface area (Å²) in [4.78, 5) is 28.2. The van der Waals surface area contributed by atoms with E-state index in [1.807, 2.05) is 49.4 Å². The molecule has 2 atom stereocenters. The zero-order chi connectivity index (χ0) is 23.3. The van der Waals surface area contributed by atoms with Gasteiger partial charge >= 0.3 is 0 Å². The van der Waals surface area contributed by atoms with Crippen molar-refractivity contribution in [3.63, 3.8) is 0 Å². The fraction of sp³-hybridized carbons (Fsp3) is 0.462. The summed E-state index contributed by atoms with van der Waals surface area (Å²) in [5, 5.41) is 3.08. The molecule has 0 radical (unpaired) electrons.